The fraction of sp³-hybridized carbons (Fsp3) is 0.600. The number of carbonyl (C=O) groups is 1. The van der Waals surface area contributed by atoms with Crippen LogP contribution in [0.5, 0.6) is 0 Å². The van der Waals surface area contributed by atoms with Gasteiger partial charge in [0, 0.05) is 5.92 Å². The van der Waals surface area contributed by atoms with Gasteiger partial charge in [-0.1, -0.05) is 43.6 Å². The zero-order valence-electron chi connectivity index (χ0n) is 15.0. The van der Waals surface area contributed by atoms with Crippen molar-refractivity contribution in [2.75, 3.05) is 5.32 Å². The maximum Gasteiger partial charge on any atom is 0.229 e. The maximum atomic E-state index is 12.6. The molecule has 0 bridgehead atoms. The van der Waals surface area contributed by atoms with Gasteiger partial charge in [0.15, 0.2) is 5.13 Å². The van der Waals surface area contributed by atoms with E-state index in [1.54, 1.807) is 11.3 Å². The molecule has 1 aromatic heterocycles. The minimum atomic E-state index is 0.164. The first-order valence-electron chi connectivity index (χ1n) is 9.25. The Balaban J connectivity index is 1.60. The van der Waals surface area contributed by atoms with Crippen molar-refractivity contribution in [3.63, 3.8) is 0 Å². The Morgan fingerprint density at radius 2 is 2.00 bits per heavy atom. The van der Waals surface area contributed by atoms with Gasteiger partial charge in [-0.25, -0.2) is 4.98 Å². The lowest BCUT2D eigenvalue weighted by molar-refractivity contribution is -0.121. The van der Waals surface area contributed by atoms with Gasteiger partial charge in [-0.2, -0.15) is 0 Å². The number of unbranched alkanes of at least 4 members (excludes halogenated alkanes) is 1. The van der Waals surface area contributed by atoms with Crippen LogP contribution in [0.4, 0.5) is 5.13 Å². The minimum absolute atomic E-state index is 0.164. The summed E-state index contributed by atoms with van der Waals surface area (Å²) in [6.07, 6.45) is 8.41. The maximum absolute atomic E-state index is 12.6. The number of carbonyl (C=O) groups excluding carboxylic acids is 1. The van der Waals surface area contributed by atoms with Crippen LogP contribution in [0.15, 0.2) is 12.1 Å². The summed E-state index contributed by atoms with van der Waals surface area (Å²) in [5.74, 6) is 1.16. The molecule has 0 aliphatic heterocycles. The molecule has 24 heavy (non-hydrogen) atoms. The van der Waals surface area contributed by atoms with E-state index < -0.39 is 0 Å². The van der Waals surface area contributed by atoms with Crippen molar-refractivity contribution in [1.82, 2.24) is 4.98 Å². The third-order valence-corrected chi connectivity index (χ3v) is 6.16. The van der Waals surface area contributed by atoms with Gasteiger partial charge < -0.3 is 5.32 Å². The molecule has 1 saturated carbocycles. The van der Waals surface area contributed by atoms with E-state index in [0.717, 1.165) is 34.1 Å². The smallest absolute Gasteiger partial charge is 0.229 e. The van der Waals surface area contributed by atoms with Crippen LogP contribution in [-0.2, 0) is 4.79 Å². The molecule has 1 fully saturated rings. The van der Waals surface area contributed by atoms with E-state index in [1.165, 1.54) is 43.2 Å². The fourth-order valence-electron chi connectivity index (χ4n) is 3.84. The molecule has 3 rings (SSSR count). The number of rotatable bonds is 5. The first-order chi connectivity index (χ1) is 11.6. The van der Waals surface area contributed by atoms with Crippen LogP contribution in [0, 0.1) is 25.7 Å². The highest BCUT2D eigenvalue weighted by atomic mass is 32.1. The number of hydrogen-bond acceptors (Lipinski definition) is 3. The van der Waals surface area contributed by atoms with Gasteiger partial charge in [0.1, 0.15) is 0 Å². The van der Waals surface area contributed by atoms with Gasteiger partial charge in [-0.3, -0.25) is 4.79 Å². The molecule has 4 heteroatoms. The van der Waals surface area contributed by atoms with E-state index in [0.29, 0.717) is 0 Å². The highest BCUT2D eigenvalue weighted by molar-refractivity contribution is 7.22. The molecule has 1 heterocycles. The van der Waals surface area contributed by atoms with E-state index in [-0.39, 0.29) is 11.8 Å². The molecule has 1 aliphatic rings. The average Bonchev–Trinajstić information content (AvgIpc) is 2.96. The second-order valence-corrected chi connectivity index (χ2v) is 8.33. The summed E-state index contributed by atoms with van der Waals surface area (Å²) in [5, 5.41) is 3.82. The number of anilines is 1. The molecule has 130 valence electrons. The highest BCUT2D eigenvalue weighted by Gasteiger charge is 2.26. The Hall–Kier alpha value is -1.42. The SMILES string of the molecule is CCCCC1CCC(C(=O)Nc2nc3c(C)cc(C)cc3s2)CC1. The Bertz CT molecular complexity index is 714. The van der Waals surface area contributed by atoms with Gasteiger partial charge in [-0.05, 0) is 62.6 Å². The summed E-state index contributed by atoms with van der Waals surface area (Å²) in [4.78, 5) is 17.2. The van der Waals surface area contributed by atoms with E-state index in [4.69, 9.17) is 0 Å². The van der Waals surface area contributed by atoms with Crippen LogP contribution in [0.3, 0.4) is 0 Å². The lowest BCUT2D eigenvalue weighted by Gasteiger charge is -2.27. The molecule has 1 aliphatic carbocycles. The molecular formula is C20H28N2OS. The predicted molar refractivity (Wildman–Crippen MR) is 103 cm³/mol. The predicted octanol–water partition coefficient (Wildman–Crippen LogP) is 5.85. The largest absolute Gasteiger partial charge is 0.302 e. The normalized spacial score (nSPS) is 21.1. The molecule has 0 saturated heterocycles. The van der Waals surface area contributed by atoms with E-state index in [2.05, 4.69) is 43.2 Å². The molecule has 1 aromatic carbocycles. The fourth-order valence-corrected chi connectivity index (χ4v) is 4.88. The molecule has 1 N–H and O–H groups in total. The minimum Gasteiger partial charge on any atom is -0.302 e. The molecule has 2 aromatic rings. The zero-order chi connectivity index (χ0) is 17.1. The highest BCUT2D eigenvalue weighted by Crippen LogP contribution is 2.34. The number of amides is 1. The number of thiazole rings is 1. The third kappa shape index (κ3) is 3.97. The molecule has 3 nitrogen and oxygen atoms in total. The Labute approximate surface area is 148 Å². The summed E-state index contributed by atoms with van der Waals surface area (Å²) in [7, 11) is 0. The summed E-state index contributed by atoms with van der Waals surface area (Å²) >= 11 is 1.59. The van der Waals surface area contributed by atoms with Crippen molar-refractivity contribution in [2.24, 2.45) is 11.8 Å². The van der Waals surface area contributed by atoms with Gasteiger partial charge in [0.2, 0.25) is 5.91 Å². The molecular weight excluding hydrogens is 316 g/mol. The van der Waals surface area contributed by atoms with Crippen molar-refractivity contribution in [2.45, 2.75) is 65.7 Å². The number of aryl methyl sites for hydroxylation is 2. The van der Waals surface area contributed by atoms with Gasteiger partial charge in [0.25, 0.3) is 0 Å². The number of nitrogens with one attached hydrogen (secondary N) is 1. The standard InChI is InChI=1S/C20H28N2OS/c1-4-5-6-15-7-9-16(10-8-15)19(23)22-20-21-18-14(3)11-13(2)12-17(18)24-20/h11-12,15-16H,4-10H2,1-3H3,(H,21,22,23). The average molecular weight is 345 g/mol. The molecule has 0 radical (unpaired) electrons. The van der Waals surface area contributed by atoms with Crippen molar-refractivity contribution in [1.29, 1.82) is 0 Å². The number of nitrogens with zero attached hydrogens (tertiary/aromatic N) is 1. The number of benzene rings is 1. The summed E-state index contributed by atoms with van der Waals surface area (Å²) in [6, 6.07) is 4.29. The first kappa shape index (κ1) is 17.4. The van der Waals surface area contributed by atoms with Crippen LogP contribution in [0.25, 0.3) is 10.2 Å². The lowest BCUT2D eigenvalue weighted by atomic mass is 9.79. The van der Waals surface area contributed by atoms with Gasteiger partial charge in [-0.15, -0.1) is 0 Å². The first-order valence-corrected chi connectivity index (χ1v) is 10.1. The summed E-state index contributed by atoms with van der Waals surface area (Å²) in [6.45, 7) is 6.43. The quantitative estimate of drug-likeness (QED) is 0.739. The van der Waals surface area contributed by atoms with Crippen LogP contribution in [-0.4, -0.2) is 10.9 Å². The second-order valence-electron chi connectivity index (χ2n) is 7.30. The Morgan fingerprint density at radius 1 is 1.25 bits per heavy atom. The van der Waals surface area contributed by atoms with Gasteiger partial charge in [0.05, 0.1) is 10.2 Å². The second kappa shape index (κ2) is 7.64. The van der Waals surface area contributed by atoms with Crippen LogP contribution in [0.2, 0.25) is 0 Å². The zero-order valence-corrected chi connectivity index (χ0v) is 15.8. The van der Waals surface area contributed by atoms with E-state index in [1.807, 2.05) is 0 Å². The third-order valence-electron chi connectivity index (χ3n) is 5.24. The van der Waals surface area contributed by atoms with E-state index in [9.17, 15) is 4.79 Å². The van der Waals surface area contributed by atoms with Crippen molar-refractivity contribution < 1.29 is 4.79 Å². The van der Waals surface area contributed by atoms with Crippen molar-refractivity contribution >= 4 is 32.6 Å². The monoisotopic (exact) mass is 344 g/mol. The van der Waals surface area contributed by atoms with Crippen LogP contribution >= 0.6 is 11.3 Å². The molecule has 0 atom stereocenters. The van der Waals surface area contributed by atoms with Crippen LogP contribution < -0.4 is 5.32 Å². The molecule has 0 unspecified atom stereocenters. The molecule has 0 spiro atoms. The number of aromatic nitrogens is 1. The van der Waals surface area contributed by atoms with E-state index >= 15 is 0 Å². The summed E-state index contributed by atoms with van der Waals surface area (Å²) in [5.41, 5.74) is 3.44. The molecule has 1 amide bonds. The van der Waals surface area contributed by atoms with Crippen molar-refractivity contribution in [3.05, 3.63) is 23.3 Å². The van der Waals surface area contributed by atoms with Crippen molar-refractivity contribution in [3.8, 4) is 0 Å². The Morgan fingerprint density at radius 3 is 2.71 bits per heavy atom. The number of fused-ring (bicyclic) bond motifs is 1. The lowest BCUT2D eigenvalue weighted by Crippen LogP contribution is -2.27. The number of hydrogen-bond donors (Lipinski definition) is 1. The topological polar surface area (TPSA) is 42.0 Å². The van der Waals surface area contributed by atoms with Gasteiger partial charge >= 0.3 is 0 Å². The summed E-state index contributed by atoms with van der Waals surface area (Å²) < 4.78 is 1.16. The Kier molecular flexibility index (Phi) is 5.54. The van der Waals surface area contributed by atoms with Crippen LogP contribution in [0.1, 0.15) is 63.0 Å².